The number of para-hydroxylation sites is 2. The van der Waals surface area contributed by atoms with Crippen LogP contribution < -0.4 is 10.1 Å². The topological polar surface area (TPSA) is 37.4 Å². The van der Waals surface area contributed by atoms with Crippen LogP contribution in [0.25, 0.3) is 0 Å². The van der Waals surface area contributed by atoms with Crippen molar-refractivity contribution in [3.05, 3.63) is 54.4 Å². The van der Waals surface area contributed by atoms with Crippen LogP contribution in [0.4, 0.5) is 5.69 Å². The molecule has 1 aromatic carbocycles. The zero-order chi connectivity index (χ0) is 16.1. The van der Waals surface area contributed by atoms with Gasteiger partial charge in [-0.1, -0.05) is 18.2 Å². The highest BCUT2D eigenvalue weighted by Gasteiger charge is 2.26. The molecule has 1 aliphatic heterocycles. The normalized spacial score (nSPS) is 17.6. The van der Waals surface area contributed by atoms with Crippen LogP contribution in [0.15, 0.2) is 48.8 Å². The lowest BCUT2D eigenvalue weighted by Crippen LogP contribution is -2.41. The Kier molecular flexibility index (Phi) is 5.08. The molecule has 2 heterocycles. The highest BCUT2D eigenvalue weighted by molar-refractivity contribution is 7.80. The molecular formula is C18H21N3OS. The van der Waals surface area contributed by atoms with Crippen LogP contribution in [0.3, 0.4) is 0 Å². The van der Waals surface area contributed by atoms with Crippen molar-refractivity contribution in [1.82, 2.24) is 9.88 Å². The largest absolute Gasteiger partial charge is 0.495 e. The molecule has 1 atom stereocenters. The van der Waals surface area contributed by atoms with Crippen molar-refractivity contribution in [1.29, 1.82) is 0 Å². The molecule has 4 nitrogen and oxygen atoms in total. The Morgan fingerprint density at radius 2 is 2.13 bits per heavy atom. The maximum absolute atomic E-state index is 5.68. The summed E-state index contributed by atoms with van der Waals surface area (Å²) in [5.74, 6) is 0.796. The van der Waals surface area contributed by atoms with E-state index in [1.165, 1.54) is 12.0 Å². The van der Waals surface area contributed by atoms with E-state index in [0.29, 0.717) is 0 Å². The average Bonchev–Trinajstić information content (AvgIpc) is 2.63. The number of ether oxygens (including phenoxy) is 1. The molecule has 23 heavy (non-hydrogen) atoms. The molecule has 0 spiro atoms. The van der Waals surface area contributed by atoms with Gasteiger partial charge in [-0.3, -0.25) is 4.98 Å². The average molecular weight is 327 g/mol. The lowest BCUT2D eigenvalue weighted by atomic mass is 9.97. The van der Waals surface area contributed by atoms with Crippen LogP contribution in [0, 0.1) is 0 Å². The highest BCUT2D eigenvalue weighted by atomic mass is 32.1. The molecule has 1 aliphatic rings. The predicted molar refractivity (Wildman–Crippen MR) is 96.7 cm³/mol. The zero-order valence-electron chi connectivity index (χ0n) is 13.2. The number of methoxy groups -OCH3 is 1. The summed E-state index contributed by atoms with van der Waals surface area (Å²) in [5.41, 5.74) is 2.12. The van der Waals surface area contributed by atoms with Crippen molar-refractivity contribution in [2.45, 2.75) is 25.3 Å². The Hall–Kier alpha value is -2.14. The molecule has 1 fully saturated rings. The Morgan fingerprint density at radius 3 is 2.91 bits per heavy atom. The van der Waals surface area contributed by atoms with Crippen LogP contribution in [-0.4, -0.2) is 28.7 Å². The smallest absolute Gasteiger partial charge is 0.174 e. The fourth-order valence-corrected chi connectivity index (χ4v) is 3.36. The predicted octanol–water partition coefficient (Wildman–Crippen LogP) is 4.01. The number of hydrogen-bond donors (Lipinski definition) is 1. The number of rotatable bonds is 3. The SMILES string of the molecule is COc1ccccc1NC(=S)N1CCCCC1c1cccnc1. The van der Waals surface area contributed by atoms with Crippen molar-refractivity contribution < 1.29 is 4.74 Å². The molecule has 0 radical (unpaired) electrons. The highest BCUT2D eigenvalue weighted by Crippen LogP contribution is 2.32. The van der Waals surface area contributed by atoms with Crippen molar-refractivity contribution in [3.8, 4) is 5.75 Å². The molecule has 3 rings (SSSR count). The number of nitrogens with zero attached hydrogens (tertiary/aromatic N) is 2. The van der Waals surface area contributed by atoms with Crippen molar-refractivity contribution in [2.24, 2.45) is 0 Å². The molecule has 1 saturated heterocycles. The molecule has 1 N–H and O–H groups in total. The number of likely N-dealkylation sites (tertiary alicyclic amines) is 1. The van der Waals surface area contributed by atoms with Gasteiger partial charge in [0.25, 0.3) is 0 Å². The van der Waals surface area contributed by atoms with Crippen molar-refractivity contribution >= 4 is 23.0 Å². The first-order valence-electron chi connectivity index (χ1n) is 7.90. The summed E-state index contributed by atoms with van der Waals surface area (Å²) in [6, 6.07) is 12.2. The van der Waals surface area contributed by atoms with Crippen LogP contribution in [0.1, 0.15) is 30.9 Å². The maximum atomic E-state index is 5.68. The summed E-state index contributed by atoms with van der Waals surface area (Å²) in [6.45, 7) is 0.959. The first kappa shape index (κ1) is 15.7. The van der Waals surface area contributed by atoms with Gasteiger partial charge in [-0.2, -0.15) is 0 Å². The number of thiocarbonyl (C=S) groups is 1. The van der Waals surface area contributed by atoms with E-state index >= 15 is 0 Å². The summed E-state index contributed by atoms with van der Waals surface area (Å²) < 4.78 is 5.39. The number of hydrogen-bond acceptors (Lipinski definition) is 3. The van der Waals surface area contributed by atoms with E-state index in [4.69, 9.17) is 17.0 Å². The molecule has 0 bridgehead atoms. The molecule has 120 valence electrons. The van der Waals surface area contributed by atoms with E-state index in [-0.39, 0.29) is 6.04 Å². The third-order valence-electron chi connectivity index (χ3n) is 4.18. The number of benzene rings is 1. The van der Waals surface area contributed by atoms with Gasteiger partial charge >= 0.3 is 0 Å². The molecule has 5 heteroatoms. The first-order chi connectivity index (χ1) is 11.3. The van der Waals surface area contributed by atoms with E-state index in [9.17, 15) is 0 Å². The summed E-state index contributed by atoms with van der Waals surface area (Å²) in [4.78, 5) is 6.52. The number of nitrogens with one attached hydrogen (secondary N) is 1. The molecule has 0 aliphatic carbocycles. The van der Waals surface area contributed by atoms with Gasteiger partial charge in [-0.05, 0) is 55.2 Å². The number of pyridine rings is 1. The number of piperidine rings is 1. The molecule has 1 aromatic heterocycles. The summed E-state index contributed by atoms with van der Waals surface area (Å²) in [5, 5.41) is 4.08. The standard InChI is InChI=1S/C18H21N3OS/c1-22-17-10-3-2-8-15(17)20-18(23)21-12-5-4-9-16(21)14-7-6-11-19-13-14/h2-3,6-8,10-11,13,16H,4-5,9,12H2,1H3,(H,20,23). The zero-order valence-corrected chi connectivity index (χ0v) is 14.1. The Morgan fingerprint density at radius 1 is 1.26 bits per heavy atom. The molecule has 2 aromatic rings. The van der Waals surface area contributed by atoms with Crippen LogP contribution in [0.2, 0.25) is 0 Å². The van der Waals surface area contributed by atoms with E-state index in [2.05, 4.69) is 21.3 Å². The van der Waals surface area contributed by atoms with E-state index in [1.807, 2.05) is 42.7 Å². The fourth-order valence-electron chi connectivity index (χ4n) is 3.03. The Labute approximate surface area is 142 Å². The van der Waals surface area contributed by atoms with Gasteiger partial charge in [-0.25, -0.2) is 0 Å². The second-order valence-corrected chi connectivity index (χ2v) is 6.01. The lowest BCUT2D eigenvalue weighted by molar-refractivity contribution is 0.248. The monoisotopic (exact) mass is 327 g/mol. The summed E-state index contributed by atoms with van der Waals surface area (Å²) >= 11 is 5.68. The Bertz CT molecular complexity index is 662. The van der Waals surface area contributed by atoms with Gasteiger partial charge in [0.05, 0.1) is 18.8 Å². The third-order valence-corrected chi connectivity index (χ3v) is 4.52. The van der Waals surface area contributed by atoms with E-state index < -0.39 is 0 Å². The lowest BCUT2D eigenvalue weighted by Gasteiger charge is -2.38. The van der Waals surface area contributed by atoms with Crippen LogP contribution >= 0.6 is 12.2 Å². The summed E-state index contributed by atoms with van der Waals surface area (Å²) in [7, 11) is 1.67. The van der Waals surface area contributed by atoms with Gasteiger partial charge in [0.2, 0.25) is 0 Å². The van der Waals surface area contributed by atoms with Gasteiger partial charge < -0.3 is 15.0 Å². The number of anilines is 1. The second kappa shape index (κ2) is 7.42. The molecule has 1 unspecified atom stereocenters. The van der Waals surface area contributed by atoms with Crippen molar-refractivity contribution in [2.75, 3.05) is 19.0 Å². The van der Waals surface area contributed by atoms with E-state index in [1.54, 1.807) is 7.11 Å². The van der Waals surface area contributed by atoms with Gasteiger partial charge in [0.1, 0.15) is 5.75 Å². The van der Waals surface area contributed by atoms with Gasteiger partial charge in [0.15, 0.2) is 5.11 Å². The number of aromatic nitrogens is 1. The fraction of sp³-hybridized carbons (Fsp3) is 0.333. The first-order valence-corrected chi connectivity index (χ1v) is 8.31. The van der Waals surface area contributed by atoms with Gasteiger partial charge in [-0.15, -0.1) is 0 Å². The van der Waals surface area contributed by atoms with Crippen molar-refractivity contribution in [3.63, 3.8) is 0 Å². The quantitative estimate of drug-likeness (QED) is 0.862. The van der Waals surface area contributed by atoms with E-state index in [0.717, 1.165) is 35.9 Å². The van der Waals surface area contributed by atoms with Crippen LogP contribution in [-0.2, 0) is 0 Å². The molecule has 0 saturated carbocycles. The van der Waals surface area contributed by atoms with Gasteiger partial charge in [0, 0.05) is 18.9 Å². The Balaban J connectivity index is 1.79. The molecule has 0 amide bonds. The minimum absolute atomic E-state index is 0.284. The summed E-state index contributed by atoms with van der Waals surface area (Å²) in [6.07, 6.45) is 7.22. The molecular weight excluding hydrogens is 306 g/mol. The second-order valence-electron chi connectivity index (χ2n) is 5.62. The van der Waals surface area contributed by atoms with Crippen LogP contribution in [0.5, 0.6) is 5.75 Å². The third kappa shape index (κ3) is 3.62. The maximum Gasteiger partial charge on any atom is 0.174 e. The minimum Gasteiger partial charge on any atom is -0.495 e. The minimum atomic E-state index is 0.284.